The van der Waals surface area contributed by atoms with E-state index in [1.807, 2.05) is 24.3 Å². The van der Waals surface area contributed by atoms with Gasteiger partial charge in [-0.1, -0.05) is 23.7 Å². The van der Waals surface area contributed by atoms with Gasteiger partial charge in [0.05, 0.1) is 4.90 Å². The number of halogens is 1. The molecule has 5 rings (SSSR count). The summed E-state index contributed by atoms with van der Waals surface area (Å²) in [6.45, 7) is 1.47. The summed E-state index contributed by atoms with van der Waals surface area (Å²) in [4.78, 5) is 19.8. The van der Waals surface area contributed by atoms with Crippen LogP contribution in [0, 0.1) is 0 Å². The maximum atomic E-state index is 13.3. The van der Waals surface area contributed by atoms with Crippen molar-refractivity contribution in [1.29, 1.82) is 0 Å². The van der Waals surface area contributed by atoms with Crippen LogP contribution in [0.15, 0.2) is 57.8 Å². The van der Waals surface area contributed by atoms with Gasteiger partial charge in [-0.25, -0.2) is 13.4 Å². The van der Waals surface area contributed by atoms with Crippen LogP contribution in [0.1, 0.15) is 37.5 Å². The van der Waals surface area contributed by atoms with Crippen molar-refractivity contribution in [2.24, 2.45) is 0 Å². The standard InChI is InChI=1S/C23H24ClN3O4S/c24-17-7-9-18(10-8-17)32(29,30)27-13-3-5-20(27)23(28)26-14-11-16(12-15-26)22-25-19-4-1-2-6-21(19)31-22/h1-2,4,6-10,16,20H,3,5,11-15H2/t20-/m1/s1. The number of amides is 1. The molecule has 0 bridgehead atoms. The monoisotopic (exact) mass is 473 g/mol. The zero-order chi connectivity index (χ0) is 22.3. The quantitative estimate of drug-likeness (QED) is 0.571. The number of carbonyl (C=O) groups excluding carboxylic acids is 1. The second-order valence-electron chi connectivity index (χ2n) is 8.35. The molecule has 1 amide bonds. The van der Waals surface area contributed by atoms with E-state index in [0.29, 0.717) is 43.4 Å². The van der Waals surface area contributed by atoms with Crippen LogP contribution < -0.4 is 0 Å². The molecule has 0 N–H and O–H groups in total. The zero-order valence-electron chi connectivity index (χ0n) is 17.5. The molecule has 0 unspecified atom stereocenters. The molecule has 0 radical (unpaired) electrons. The summed E-state index contributed by atoms with van der Waals surface area (Å²) in [5.41, 5.74) is 1.62. The highest BCUT2D eigenvalue weighted by Gasteiger charge is 2.42. The molecule has 3 heterocycles. The molecular formula is C23H24ClN3O4S. The van der Waals surface area contributed by atoms with Crippen LogP contribution >= 0.6 is 11.6 Å². The molecule has 2 saturated heterocycles. The number of carbonyl (C=O) groups is 1. The van der Waals surface area contributed by atoms with Crippen molar-refractivity contribution in [3.8, 4) is 0 Å². The van der Waals surface area contributed by atoms with Gasteiger partial charge in [-0.3, -0.25) is 4.79 Å². The van der Waals surface area contributed by atoms with Crippen LogP contribution in [0.2, 0.25) is 5.02 Å². The van der Waals surface area contributed by atoms with Crippen molar-refractivity contribution < 1.29 is 17.6 Å². The number of likely N-dealkylation sites (tertiary alicyclic amines) is 1. The Morgan fingerprint density at radius 2 is 1.72 bits per heavy atom. The third-order valence-corrected chi connectivity index (χ3v) is 8.55. The minimum absolute atomic E-state index is 0.115. The number of aromatic nitrogens is 1. The van der Waals surface area contributed by atoms with Gasteiger partial charge in [-0.15, -0.1) is 0 Å². The fourth-order valence-electron chi connectivity index (χ4n) is 4.64. The van der Waals surface area contributed by atoms with Gasteiger partial charge >= 0.3 is 0 Å². The van der Waals surface area contributed by atoms with E-state index in [1.165, 1.54) is 16.4 Å². The second-order valence-corrected chi connectivity index (χ2v) is 10.7. The van der Waals surface area contributed by atoms with E-state index >= 15 is 0 Å². The summed E-state index contributed by atoms with van der Waals surface area (Å²) in [6, 6.07) is 13.1. The summed E-state index contributed by atoms with van der Waals surface area (Å²) in [5, 5.41) is 0.472. The molecule has 2 aromatic carbocycles. The Morgan fingerprint density at radius 3 is 2.44 bits per heavy atom. The number of sulfonamides is 1. The Balaban J connectivity index is 1.27. The van der Waals surface area contributed by atoms with Gasteiger partial charge in [0.2, 0.25) is 15.9 Å². The third kappa shape index (κ3) is 3.91. The highest BCUT2D eigenvalue weighted by atomic mass is 35.5. The number of nitrogens with zero attached hydrogens (tertiary/aromatic N) is 3. The van der Waals surface area contributed by atoms with E-state index in [1.54, 1.807) is 17.0 Å². The summed E-state index contributed by atoms with van der Waals surface area (Å²) >= 11 is 5.90. The molecule has 0 saturated carbocycles. The van der Waals surface area contributed by atoms with E-state index in [4.69, 9.17) is 16.0 Å². The molecule has 1 atom stereocenters. The normalized spacial score (nSPS) is 20.8. The minimum atomic E-state index is -3.75. The molecule has 0 aliphatic carbocycles. The molecule has 0 spiro atoms. The first-order valence-electron chi connectivity index (χ1n) is 10.8. The van der Waals surface area contributed by atoms with E-state index < -0.39 is 16.1 Å². The Labute approximate surface area is 192 Å². The maximum Gasteiger partial charge on any atom is 0.243 e. The molecule has 9 heteroatoms. The lowest BCUT2D eigenvalue weighted by Crippen LogP contribution is -2.49. The topological polar surface area (TPSA) is 83.7 Å². The van der Waals surface area contributed by atoms with Crippen molar-refractivity contribution in [2.45, 2.75) is 42.5 Å². The number of fused-ring (bicyclic) bond motifs is 1. The number of oxazole rings is 1. The summed E-state index contributed by atoms with van der Waals surface area (Å²) in [5.74, 6) is 0.756. The fourth-order valence-corrected chi connectivity index (χ4v) is 6.42. The van der Waals surface area contributed by atoms with Crippen LogP contribution in [0.3, 0.4) is 0 Å². The summed E-state index contributed by atoms with van der Waals surface area (Å²) in [7, 11) is -3.75. The number of benzene rings is 2. The largest absolute Gasteiger partial charge is 0.440 e. The molecule has 3 aromatic rings. The average molecular weight is 474 g/mol. The lowest BCUT2D eigenvalue weighted by atomic mass is 9.96. The number of rotatable bonds is 4. The van der Waals surface area contributed by atoms with Crippen LogP contribution in [0.25, 0.3) is 11.1 Å². The molecular weight excluding hydrogens is 450 g/mol. The van der Waals surface area contributed by atoms with E-state index in [0.717, 1.165) is 23.9 Å². The third-order valence-electron chi connectivity index (χ3n) is 6.38. The number of hydrogen-bond donors (Lipinski definition) is 0. The Bertz CT molecular complexity index is 1200. The molecule has 7 nitrogen and oxygen atoms in total. The molecule has 32 heavy (non-hydrogen) atoms. The van der Waals surface area contributed by atoms with Crippen LogP contribution in [-0.2, 0) is 14.8 Å². The van der Waals surface area contributed by atoms with Gasteiger partial charge in [-0.05, 0) is 62.1 Å². The van der Waals surface area contributed by atoms with Crippen molar-refractivity contribution in [3.63, 3.8) is 0 Å². The first-order chi connectivity index (χ1) is 15.4. The van der Waals surface area contributed by atoms with Gasteiger partial charge < -0.3 is 9.32 Å². The van der Waals surface area contributed by atoms with Crippen molar-refractivity contribution in [3.05, 3.63) is 59.4 Å². The minimum Gasteiger partial charge on any atom is -0.440 e. The first-order valence-corrected chi connectivity index (χ1v) is 12.7. The lowest BCUT2D eigenvalue weighted by molar-refractivity contribution is -0.135. The van der Waals surface area contributed by atoms with E-state index in [-0.39, 0.29) is 16.7 Å². The second kappa shape index (κ2) is 8.50. The van der Waals surface area contributed by atoms with Crippen molar-refractivity contribution >= 4 is 38.6 Å². The van der Waals surface area contributed by atoms with Gasteiger partial charge in [0.1, 0.15) is 11.6 Å². The highest BCUT2D eigenvalue weighted by Crippen LogP contribution is 2.32. The number of hydrogen-bond acceptors (Lipinski definition) is 5. The summed E-state index contributed by atoms with van der Waals surface area (Å²) < 4.78 is 33.6. The summed E-state index contributed by atoms with van der Waals surface area (Å²) in [6.07, 6.45) is 2.70. The smallest absolute Gasteiger partial charge is 0.243 e. The van der Waals surface area contributed by atoms with Crippen molar-refractivity contribution in [1.82, 2.24) is 14.2 Å². The SMILES string of the molecule is O=C([C@H]1CCCN1S(=O)(=O)c1ccc(Cl)cc1)N1CCC(c2nc3ccccc3o2)CC1. The van der Waals surface area contributed by atoms with Gasteiger partial charge in [0, 0.05) is 30.6 Å². The lowest BCUT2D eigenvalue weighted by Gasteiger charge is -2.34. The predicted octanol–water partition coefficient (Wildman–Crippen LogP) is 4.04. The van der Waals surface area contributed by atoms with Gasteiger partial charge in [0.25, 0.3) is 0 Å². The number of piperidine rings is 1. The molecule has 2 aliphatic rings. The first kappa shape index (κ1) is 21.4. The van der Waals surface area contributed by atoms with E-state index in [2.05, 4.69) is 4.98 Å². The predicted molar refractivity (Wildman–Crippen MR) is 121 cm³/mol. The van der Waals surface area contributed by atoms with E-state index in [9.17, 15) is 13.2 Å². The zero-order valence-corrected chi connectivity index (χ0v) is 19.1. The van der Waals surface area contributed by atoms with Gasteiger partial charge in [0.15, 0.2) is 11.5 Å². The molecule has 2 aliphatic heterocycles. The highest BCUT2D eigenvalue weighted by molar-refractivity contribution is 7.89. The molecule has 2 fully saturated rings. The fraction of sp³-hybridized carbons (Fsp3) is 0.391. The Morgan fingerprint density at radius 1 is 1.00 bits per heavy atom. The Hall–Kier alpha value is -2.42. The molecule has 168 valence electrons. The van der Waals surface area contributed by atoms with Crippen LogP contribution in [0.4, 0.5) is 0 Å². The average Bonchev–Trinajstić information content (AvgIpc) is 3.47. The Kier molecular flexibility index (Phi) is 5.69. The number of para-hydroxylation sites is 2. The van der Waals surface area contributed by atoms with Crippen LogP contribution in [-0.4, -0.2) is 54.2 Å². The maximum absolute atomic E-state index is 13.3. The molecule has 1 aromatic heterocycles. The van der Waals surface area contributed by atoms with Gasteiger partial charge in [-0.2, -0.15) is 4.31 Å². The van der Waals surface area contributed by atoms with Crippen molar-refractivity contribution in [2.75, 3.05) is 19.6 Å². The van der Waals surface area contributed by atoms with Crippen LogP contribution in [0.5, 0.6) is 0 Å².